The highest BCUT2D eigenvalue weighted by atomic mass is 32.2. The first-order valence-electron chi connectivity index (χ1n) is 11.8. The Morgan fingerprint density at radius 2 is 1.68 bits per heavy atom. The van der Waals surface area contributed by atoms with Crippen molar-refractivity contribution in [3.8, 4) is 11.1 Å². The summed E-state index contributed by atoms with van der Waals surface area (Å²) in [5, 5.41) is 4.60. The summed E-state index contributed by atoms with van der Waals surface area (Å²) in [6, 6.07) is 18.4. The van der Waals surface area contributed by atoms with Crippen molar-refractivity contribution in [3.63, 3.8) is 0 Å². The van der Waals surface area contributed by atoms with Crippen LogP contribution in [0.5, 0.6) is 0 Å². The molecule has 1 aliphatic carbocycles. The lowest BCUT2D eigenvalue weighted by Crippen LogP contribution is -2.34. The first-order valence-corrected chi connectivity index (χ1v) is 14.1. The van der Waals surface area contributed by atoms with Crippen molar-refractivity contribution in [3.05, 3.63) is 106 Å². The molecular weight excluding hydrogens is 533 g/mol. The summed E-state index contributed by atoms with van der Waals surface area (Å²) in [7, 11) is -3.59. The van der Waals surface area contributed by atoms with Crippen molar-refractivity contribution in [2.45, 2.75) is 36.2 Å². The Bertz CT molecular complexity index is 1600. The third kappa shape index (κ3) is 5.38. The van der Waals surface area contributed by atoms with Gasteiger partial charge in [0, 0.05) is 17.3 Å². The zero-order valence-electron chi connectivity index (χ0n) is 20.2. The monoisotopic (exact) mass is 556 g/mol. The molecule has 196 valence electrons. The van der Waals surface area contributed by atoms with Gasteiger partial charge in [0.15, 0.2) is 0 Å². The number of carbonyl (C=O) groups excluding carboxylic acids is 1. The normalized spacial score (nSPS) is 15.3. The molecule has 1 heterocycles. The number of halogens is 3. The maximum absolute atomic E-state index is 13.3. The smallest absolute Gasteiger partial charge is 0.322 e. The van der Waals surface area contributed by atoms with Gasteiger partial charge in [-0.25, -0.2) is 13.1 Å². The van der Waals surface area contributed by atoms with Crippen LogP contribution in [0.25, 0.3) is 11.1 Å². The number of carbonyl (C=O) groups is 1. The summed E-state index contributed by atoms with van der Waals surface area (Å²) < 4.78 is 67.3. The number of benzene rings is 3. The van der Waals surface area contributed by atoms with Gasteiger partial charge in [-0.1, -0.05) is 36.4 Å². The number of amides is 1. The lowest BCUT2D eigenvalue weighted by Gasteiger charge is -2.15. The Kier molecular flexibility index (Phi) is 6.89. The average molecular weight is 557 g/mol. The van der Waals surface area contributed by atoms with E-state index < -0.39 is 27.7 Å². The highest BCUT2D eigenvalue weighted by Gasteiger charge is 2.30. The van der Waals surface area contributed by atoms with E-state index in [9.17, 15) is 26.4 Å². The number of thiophene rings is 1. The molecule has 1 aromatic heterocycles. The number of alkyl halides is 3. The summed E-state index contributed by atoms with van der Waals surface area (Å²) >= 11 is 1.16. The number of rotatable bonds is 6. The largest absolute Gasteiger partial charge is 0.416 e. The fourth-order valence-electron chi connectivity index (χ4n) is 4.74. The van der Waals surface area contributed by atoms with Crippen LogP contribution in [0.15, 0.2) is 82.4 Å². The molecule has 1 aliphatic rings. The first kappa shape index (κ1) is 26.1. The summed E-state index contributed by atoms with van der Waals surface area (Å²) in [6.45, 7) is 1.80. The minimum atomic E-state index is -4.44. The van der Waals surface area contributed by atoms with Crippen LogP contribution in [-0.4, -0.2) is 20.4 Å². The topological polar surface area (TPSA) is 75.3 Å². The van der Waals surface area contributed by atoms with Gasteiger partial charge in [0.25, 0.3) is 5.91 Å². The van der Waals surface area contributed by atoms with E-state index in [-0.39, 0.29) is 10.3 Å². The Labute approximate surface area is 222 Å². The predicted octanol–water partition coefficient (Wildman–Crippen LogP) is 6.44. The van der Waals surface area contributed by atoms with Crippen molar-refractivity contribution < 1.29 is 26.4 Å². The Morgan fingerprint density at radius 3 is 2.37 bits per heavy atom. The first-order chi connectivity index (χ1) is 18.0. The van der Waals surface area contributed by atoms with Gasteiger partial charge in [-0.15, -0.1) is 11.3 Å². The summed E-state index contributed by atoms with van der Waals surface area (Å²) in [5.41, 5.74) is 3.90. The van der Waals surface area contributed by atoms with Gasteiger partial charge < -0.3 is 5.32 Å². The molecule has 2 N–H and O–H groups in total. The van der Waals surface area contributed by atoms with Crippen LogP contribution in [0, 0.1) is 6.92 Å². The van der Waals surface area contributed by atoms with E-state index in [0.717, 1.165) is 40.2 Å². The van der Waals surface area contributed by atoms with Crippen LogP contribution in [0.1, 0.15) is 32.6 Å². The average Bonchev–Trinajstić information content (AvgIpc) is 3.53. The van der Waals surface area contributed by atoms with Crippen molar-refractivity contribution in [2.75, 3.05) is 5.32 Å². The number of hydrogen-bond acceptors (Lipinski definition) is 4. The van der Waals surface area contributed by atoms with Crippen LogP contribution in [0.4, 0.5) is 18.9 Å². The van der Waals surface area contributed by atoms with Gasteiger partial charge in [0.05, 0.1) is 5.56 Å². The minimum absolute atomic E-state index is 0.267. The van der Waals surface area contributed by atoms with Crippen LogP contribution in [0.3, 0.4) is 0 Å². The van der Waals surface area contributed by atoms with Gasteiger partial charge in [-0.2, -0.15) is 13.2 Å². The maximum Gasteiger partial charge on any atom is 0.416 e. The molecule has 0 aliphatic heterocycles. The minimum Gasteiger partial charge on any atom is -0.322 e. The Balaban J connectivity index is 1.34. The number of fused-ring (bicyclic) bond motifs is 1. The predicted molar refractivity (Wildman–Crippen MR) is 142 cm³/mol. The third-order valence-electron chi connectivity index (χ3n) is 6.50. The molecule has 1 atom stereocenters. The van der Waals surface area contributed by atoms with E-state index in [1.54, 1.807) is 48.7 Å². The zero-order valence-corrected chi connectivity index (χ0v) is 21.8. The second-order valence-electron chi connectivity index (χ2n) is 9.17. The van der Waals surface area contributed by atoms with Crippen LogP contribution in [0.2, 0.25) is 0 Å². The lowest BCUT2D eigenvalue weighted by atomic mass is 9.93. The molecule has 4 aromatic rings. The number of aryl methyl sites for hydroxylation is 1. The molecule has 0 saturated heterocycles. The second-order valence-corrected chi connectivity index (χ2v) is 12.1. The standard InChI is InChI=1S/C28H23F3N2O3S2/c1-17-4-2-5-24(26(17)18-7-10-21(11-8-18)28(29,30)31)27(34)32-22-12-9-19-14-23(16-20(19)15-22)33-38(35,36)25-6-3-13-37-25/h2-13,15,23,33H,14,16H2,1H3,(H,32,34). The van der Waals surface area contributed by atoms with E-state index in [1.165, 1.54) is 12.1 Å². The molecular formula is C28H23F3N2O3S2. The third-order valence-corrected chi connectivity index (χ3v) is 9.41. The van der Waals surface area contributed by atoms with E-state index >= 15 is 0 Å². The van der Waals surface area contributed by atoms with Crippen molar-refractivity contribution in [1.82, 2.24) is 4.72 Å². The highest BCUT2D eigenvalue weighted by Crippen LogP contribution is 2.34. The molecule has 10 heteroatoms. The number of hydrogen-bond donors (Lipinski definition) is 2. The van der Waals surface area contributed by atoms with Crippen molar-refractivity contribution in [2.24, 2.45) is 0 Å². The van der Waals surface area contributed by atoms with E-state index in [1.807, 2.05) is 12.1 Å². The number of anilines is 1. The van der Waals surface area contributed by atoms with Crippen LogP contribution < -0.4 is 10.0 Å². The van der Waals surface area contributed by atoms with Crippen molar-refractivity contribution in [1.29, 1.82) is 0 Å². The quantitative estimate of drug-likeness (QED) is 0.287. The number of sulfonamides is 1. The Hall–Kier alpha value is -3.47. The molecule has 0 bridgehead atoms. The second kappa shape index (κ2) is 10.0. The molecule has 0 radical (unpaired) electrons. The van der Waals surface area contributed by atoms with Gasteiger partial charge in [-0.3, -0.25) is 4.79 Å². The van der Waals surface area contributed by atoms with Crippen molar-refractivity contribution >= 4 is 33.0 Å². The van der Waals surface area contributed by atoms with Gasteiger partial charge in [0.1, 0.15) is 4.21 Å². The molecule has 5 nitrogen and oxygen atoms in total. The van der Waals surface area contributed by atoms with Gasteiger partial charge in [0.2, 0.25) is 10.0 Å². The molecule has 1 amide bonds. The zero-order chi connectivity index (χ0) is 27.1. The summed E-state index contributed by atoms with van der Waals surface area (Å²) in [4.78, 5) is 13.3. The van der Waals surface area contributed by atoms with Crippen LogP contribution in [-0.2, 0) is 29.0 Å². The SMILES string of the molecule is Cc1cccc(C(=O)Nc2ccc3c(c2)CC(NS(=O)(=O)c2cccs2)C3)c1-c1ccc(C(F)(F)F)cc1. The Morgan fingerprint density at radius 1 is 0.947 bits per heavy atom. The fraction of sp³-hybridized carbons (Fsp3) is 0.179. The molecule has 0 spiro atoms. The molecule has 38 heavy (non-hydrogen) atoms. The van der Waals surface area contributed by atoms with Crippen LogP contribution >= 0.6 is 11.3 Å². The number of nitrogens with one attached hydrogen (secondary N) is 2. The van der Waals surface area contributed by atoms with Gasteiger partial charge in [-0.05, 0) is 89.4 Å². The van der Waals surface area contributed by atoms with Gasteiger partial charge >= 0.3 is 6.18 Å². The lowest BCUT2D eigenvalue weighted by molar-refractivity contribution is -0.137. The fourth-order valence-corrected chi connectivity index (χ4v) is 6.98. The van der Waals surface area contributed by atoms with E-state index in [4.69, 9.17) is 0 Å². The summed E-state index contributed by atoms with van der Waals surface area (Å²) in [5.74, 6) is -0.392. The molecule has 0 fully saturated rings. The molecule has 0 saturated carbocycles. The summed E-state index contributed by atoms with van der Waals surface area (Å²) in [6.07, 6.45) is -3.41. The molecule has 3 aromatic carbocycles. The maximum atomic E-state index is 13.3. The highest BCUT2D eigenvalue weighted by molar-refractivity contribution is 7.91. The van der Waals surface area contributed by atoms with E-state index in [2.05, 4.69) is 10.0 Å². The van der Waals surface area contributed by atoms with E-state index in [0.29, 0.717) is 35.2 Å². The molecule has 5 rings (SSSR count). The molecule has 1 unspecified atom stereocenters.